The van der Waals surface area contributed by atoms with Crippen LogP contribution in [-0.2, 0) is 0 Å². The first-order valence-corrected chi connectivity index (χ1v) is 5.83. The zero-order valence-electron chi connectivity index (χ0n) is 9.47. The zero-order valence-corrected chi connectivity index (χ0v) is 10.2. The molecule has 0 aromatic carbocycles. The van der Waals surface area contributed by atoms with Gasteiger partial charge in [-0.05, 0) is 12.5 Å². The van der Waals surface area contributed by atoms with Crippen LogP contribution in [0, 0.1) is 0 Å². The number of aldehydes is 1. The Balaban J connectivity index is 2.02. The van der Waals surface area contributed by atoms with Crippen molar-refractivity contribution in [3.63, 3.8) is 0 Å². The quantitative estimate of drug-likeness (QED) is 0.817. The number of hydrogen-bond donors (Lipinski definition) is 2. The number of carboxylic acid groups (broad SMARTS) is 1. The van der Waals surface area contributed by atoms with Crippen LogP contribution in [0.4, 0.5) is 10.6 Å². The van der Waals surface area contributed by atoms with Crippen LogP contribution < -0.4 is 5.32 Å². The molecule has 1 aromatic heterocycles. The molecule has 0 saturated carbocycles. The first-order chi connectivity index (χ1) is 8.60. The van der Waals surface area contributed by atoms with Crippen molar-refractivity contribution in [1.82, 2.24) is 9.88 Å². The summed E-state index contributed by atoms with van der Waals surface area (Å²) in [6, 6.07) is 1.52. The molecule has 1 aromatic rings. The summed E-state index contributed by atoms with van der Waals surface area (Å²) < 4.78 is 0. The summed E-state index contributed by atoms with van der Waals surface area (Å²) in [6.45, 7) is 0.903. The molecule has 0 aliphatic carbocycles. The van der Waals surface area contributed by atoms with E-state index in [2.05, 4.69) is 10.3 Å². The normalized spacial score (nSPS) is 18.7. The molecular weight excluding hydrogens is 258 g/mol. The number of hydrogen-bond acceptors (Lipinski definition) is 4. The molecule has 1 aliphatic heterocycles. The largest absolute Gasteiger partial charge is 0.465 e. The van der Waals surface area contributed by atoms with Gasteiger partial charge in [-0.2, -0.15) is 0 Å². The number of carbonyl (C=O) groups excluding carboxylic acids is 1. The van der Waals surface area contributed by atoms with Gasteiger partial charge in [0.15, 0.2) is 6.29 Å². The van der Waals surface area contributed by atoms with Crippen molar-refractivity contribution >= 4 is 29.8 Å². The van der Waals surface area contributed by atoms with Gasteiger partial charge in [0.05, 0.1) is 5.02 Å². The number of carbonyl (C=O) groups is 2. The van der Waals surface area contributed by atoms with E-state index in [0.29, 0.717) is 42.2 Å². The molecule has 0 radical (unpaired) electrons. The summed E-state index contributed by atoms with van der Waals surface area (Å²) in [5.74, 6) is 0.472. The van der Waals surface area contributed by atoms with Crippen LogP contribution in [0.2, 0.25) is 5.02 Å². The summed E-state index contributed by atoms with van der Waals surface area (Å²) in [6.07, 6.45) is 1.88. The molecule has 0 unspecified atom stereocenters. The van der Waals surface area contributed by atoms with Gasteiger partial charge in [-0.15, -0.1) is 0 Å². The molecule has 1 fully saturated rings. The second kappa shape index (κ2) is 5.22. The molecule has 6 nitrogen and oxygen atoms in total. The lowest BCUT2D eigenvalue weighted by Crippen LogP contribution is -2.30. The number of aromatic nitrogens is 1. The van der Waals surface area contributed by atoms with Crippen LogP contribution >= 0.6 is 11.6 Å². The highest BCUT2D eigenvalue weighted by molar-refractivity contribution is 6.33. The topological polar surface area (TPSA) is 82.5 Å². The van der Waals surface area contributed by atoms with Crippen molar-refractivity contribution in [3.05, 3.63) is 22.8 Å². The highest BCUT2D eigenvalue weighted by atomic mass is 35.5. The molecular formula is C11H12ClN3O3. The van der Waals surface area contributed by atoms with Crippen LogP contribution in [0.3, 0.4) is 0 Å². The van der Waals surface area contributed by atoms with E-state index in [4.69, 9.17) is 16.7 Å². The fraction of sp³-hybridized carbons (Fsp3) is 0.364. The fourth-order valence-electron chi connectivity index (χ4n) is 1.87. The first-order valence-electron chi connectivity index (χ1n) is 5.45. The van der Waals surface area contributed by atoms with Crippen molar-refractivity contribution in [2.75, 3.05) is 18.4 Å². The first kappa shape index (κ1) is 12.6. The van der Waals surface area contributed by atoms with Gasteiger partial charge in [-0.1, -0.05) is 11.6 Å². The van der Waals surface area contributed by atoms with Crippen LogP contribution in [0.1, 0.15) is 16.8 Å². The smallest absolute Gasteiger partial charge is 0.407 e. The second-order valence-electron chi connectivity index (χ2n) is 4.08. The maximum absolute atomic E-state index is 10.8. The molecule has 1 atom stereocenters. The molecule has 7 heteroatoms. The molecule has 0 bridgehead atoms. The minimum Gasteiger partial charge on any atom is -0.465 e. The highest BCUT2D eigenvalue weighted by Gasteiger charge is 2.26. The lowest BCUT2D eigenvalue weighted by atomic mass is 10.2. The molecule has 2 rings (SSSR count). The second-order valence-corrected chi connectivity index (χ2v) is 4.48. The number of anilines is 1. The van der Waals surface area contributed by atoms with E-state index in [0.717, 1.165) is 0 Å². The SMILES string of the molecule is O=Cc1cnc(N[C@@H]2CCN(C(=O)O)C2)c(Cl)c1. The van der Waals surface area contributed by atoms with E-state index in [-0.39, 0.29) is 6.04 Å². The number of nitrogens with zero attached hydrogens (tertiary/aromatic N) is 2. The van der Waals surface area contributed by atoms with Crippen LogP contribution in [0.15, 0.2) is 12.3 Å². The van der Waals surface area contributed by atoms with Gasteiger partial charge < -0.3 is 15.3 Å². The summed E-state index contributed by atoms with van der Waals surface area (Å²) in [5, 5.41) is 12.3. The van der Waals surface area contributed by atoms with Crippen molar-refractivity contribution < 1.29 is 14.7 Å². The van der Waals surface area contributed by atoms with E-state index < -0.39 is 6.09 Å². The Morgan fingerprint density at radius 3 is 3.00 bits per heavy atom. The average molecular weight is 270 g/mol. The molecule has 1 aliphatic rings. The molecule has 0 spiro atoms. The van der Waals surface area contributed by atoms with E-state index in [1.54, 1.807) is 0 Å². The number of amides is 1. The third-order valence-corrected chi connectivity index (χ3v) is 3.09. The Bertz CT molecular complexity index is 481. The van der Waals surface area contributed by atoms with Gasteiger partial charge in [0.2, 0.25) is 0 Å². The molecule has 1 amide bonds. The van der Waals surface area contributed by atoms with Crippen LogP contribution in [-0.4, -0.2) is 46.5 Å². The van der Waals surface area contributed by atoms with Gasteiger partial charge in [0, 0.05) is 30.9 Å². The number of likely N-dealkylation sites (tertiary alicyclic amines) is 1. The Morgan fingerprint density at radius 2 is 2.44 bits per heavy atom. The molecule has 1 saturated heterocycles. The molecule has 18 heavy (non-hydrogen) atoms. The highest BCUT2D eigenvalue weighted by Crippen LogP contribution is 2.22. The van der Waals surface area contributed by atoms with Crippen molar-refractivity contribution in [2.45, 2.75) is 12.5 Å². The van der Waals surface area contributed by atoms with Gasteiger partial charge in [0.25, 0.3) is 0 Å². The summed E-state index contributed by atoms with van der Waals surface area (Å²) in [7, 11) is 0. The number of rotatable bonds is 3. The molecule has 2 heterocycles. The number of pyridine rings is 1. The lowest BCUT2D eigenvalue weighted by Gasteiger charge is -2.15. The number of nitrogens with one attached hydrogen (secondary N) is 1. The Labute approximate surface area is 109 Å². The molecule has 96 valence electrons. The van der Waals surface area contributed by atoms with Crippen molar-refractivity contribution in [1.29, 1.82) is 0 Å². The maximum Gasteiger partial charge on any atom is 0.407 e. The fourth-order valence-corrected chi connectivity index (χ4v) is 2.10. The Morgan fingerprint density at radius 1 is 1.67 bits per heavy atom. The van der Waals surface area contributed by atoms with E-state index in [9.17, 15) is 9.59 Å². The van der Waals surface area contributed by atoms with Gasteiger partial charge in [0.1, 0.15) is 5.82 Å². The minimum absolute atomic E-state index is 0.00631. The van der Waals surface area contributed by atoms with E-state index >= 15 is 0 Å². The van der Waals surface area contributed by atoms with Gasteiger partial charge in [-0.25, -0.2) is 9.78 Å². The van der Waals surface area contributed by atoms with Crippen LogP contribution in [0.5, 0.6) is 0 Å². The Kier molecular flexibility index (Phi) is 3.66. The van der Waals surface area contributed by atoms with E-state index in [1.807, 2.05) is 0 Å². The van der Waals surface area contributed by atoms with E-state index in [1.165, 1.54) is 17.2 Å². The maximum atomic E-state index is 10.8. The van der Waals surface area contributed by atoms with Crippen molar-refractivity contribution in [3.8, 4) is 0 Å². The molecule has 2 N–H and O–H groups in total. The monoisotopic (exact) mass is 269 g/mol. The third kappa shape index (κ3) is 2.70. The van der Waals surface area contributed by atoms with Gasteiger partial charge in [-0.3, -0.25) is 4.79 Å². The standard InChI is InChI=1S/C11H12ClN3O3/c12-9-3-7(6-16)4-13-10(9)14-8-1-2-15(5-8)11(17)18/h3-4,6,8H,1-2,5H2,(H,13,14)(H,17,18)/t8-/m1/s1. The minimum atomic E-state index is -0.922. The summed E-state index contributed by atoms with van der Waals surface area (Å²) in [4.78, 5) is 26.7. The summed E-state index contributed by atoms with van der Waals surface area (Å²) >= 11 is 5.97. The van der Waals surface area contributed by atoms with Crippen molar-refractivity contribution in [2.24, 2.45) is 0 Å². The predicted octanol–water partition coefficient (Wildman–Crippen LogP) is 1.71. The Hall–Kier alpha value is -1.82. The summed E-state index contributed by atoms with van der Waals surface area (Å²) in [5.41, 5.74) is 0.407. The predicted molar refractivity (Wildman–Crippen MR) is 66.3 cm³/mol. The van der Waals surface area contributed by atoms with Gasteiger partial charge >= 0.3 is 6.09 Å². The average Bonchev–Trinajstić information content (AvgIpc) is 2.80. The van der Waals surface area contributed by atoms with Crippen LogP contribution in [0.25, 0.3) is 0 Å². The zero-order chi connectivity index (χ0) is 13.1. The number of halogens is 1. The lowest BCUT2D eigenvalue weighted by molar-refractivity contribution is 0.112. The third-order valence-electron chi connectivity index (χ3n) is 2.80.